The van der Waals surface area contributed by atoms with E-state index in [1.165, 1.54) is 22.3 Å². The topological polar surface area (TPSA) is 77.8 Å². The van der Waals surface area contributed by atoms with Crippen LogP contribution >= 0.6 is 0 Å². The van der Waals surface area contributed by atoms with Crippen molar-refractivity contribution in [1.82, 2.24) is 4.90 Å². The maximum Gasteiger partial charge on any atom is 0.328 e. The molecule has 0 aliphatic heterocycles. The SMILES string of the molecule is CN(C)CC1c2ccccc2C=Cc2ccccc21.O=C(O)/C=C\C(=O)O. The summed E-state index contributed by atoms with van der Waals surface area (Å²) in [5, 5.41) is 15.6. The molecule has 2 aromatic rings. The summed E-state index contributed by atoms with van der Waals surface area (Å²) in [7, 11) is 4.28. The minimum atomic E-state index is -1.26. The molecule has 0 bridgehead atoms. The second kappa shape index (κ2) is 9.50. The Morgan fingerprint density at radius 3 is 1.63 bits per heavy atom. The van der Waals surface area contributed by atoms with Gasteiger partial charge < -0.3 is 15.1 Å². The highest BCUT2D eigenvalue weighted by Gasteiger charge is 2.21. The van der Waals surface area contributed by atoms with Crippen molar-refractivity contribution in [1.29, 1.82) is 0 Å². The number of carboxylic acids is 2. The van der Waals surface area contributed by atoms with E-state index in [0.717, 1.165) is 6.54 Å². The second-order valence-corrected chi connectivity index (χ2v) is 6.42. The molecule has 3 rings (SSSR count). The van der Waals surface area contributed by atoms with Crippen molar-refractivity contribution >= 4 is 24.1 Å². The lowest BCUT2D eigenvalue weighted by Crippen LogP contribution is -2.22. The molecule has 0 spiro atoms. The molecule has 140 valence electrons. The summed E-state index contributed by atoms with van der Waals surface area (Å²) in [5.74, 6) is -2.07. The lowest BCUT2D eigenvalue weighted by Gasteiger charge is -2.23. The van der Waals surface area contributed by atoms with Crippen LogP contribution in [0.1, 0.15) is 28.2 Å². The Kier molecular flexibility index (Phi) is 7.08. The summed E-state index contributed by atoms with van der Waals surface area (Å²) in [5.41, 5.74) is 5.53. The Morgan fingerprint density at radius 2 is 1.26 bits per heavy atom. The lowest BCUT2D eigenvalue weighted by molar-refractivity contribution is -0.134. The van der Waals surface area contributed by atoms with E-state index in [9.17, 15) is 9.59 Å². The molecule has 0 radical (unpaired) electrons. The van der Waals surface area contributed by atoms with Crippen molar-refractivity contribution in [3.63, 3.8) is 0 Å². The van der Waals surface area contributed by atoms with Gasteiger partial charge in [-0.25, -0.2) is 9.59 Å². The van der Waals surface area contributed by atoms with E-state index in [1.54, 1.807) is 0 Å². The summed E-state index contributed by atoms with van der Waals surface area (Å²) in [6.07, 6.45) is 5.60. The normalized spacial score (nSPS) is 12.7. The molecule has 1 aliphatic carbocycles. The zero-order valence-corrected chi connectivity index (χ0v) is 15.4. The van der Waals surface area contributed by atoms with E-state index in [-0.39, 0.29) is 0 Å². The Bertz CT molecular complexity index is 803. The molecule has 0 fully saturated rings. The number of aliphatic carboxylic acids is 2. The molecule has 5 heteroatoms. The fourth-order valence-electron chi connectivity index (χ4n) is 3.01. The second-order valence-electron chi connectivity index (χ2n) is 6.42. The highest BCUT2D eigenvalue weighted by molar-refractivity contribution is 5.89. The van der Waals surface area contributed by atoms with Crippen LogP contribution in [0.25, 0.3) is 12.2 Å². The molecule has 0 saturated carbocycles. The molecule has 1 aliphatic rings. The number of rotatable bonds is 4. The fourth-order valence-corrected chi connectivity index (χ4v) is 3.01. The van der Waals surface area contributed by atoms with Crippen LogP contribution < -0.4 is 0 Å². The van der Waals surface area contributed by atoms with Crippen molar-refractivity contribution < 1.29 is 19.8 Å². The van der Waals surface area contributed by atoms with Crippen molar-refractivity contribution in [3.8, 4) is 0 Å². The Balaban J connectivity index is 0.000000279. The van der Waals surface area contributed by atoms with Crippen LogP contribution in [0.3, 0.4) is 0 Å². The van der Waals surface area contributed by atoms with Crippen LogP contribution in [0.4, 0.5) is 0 Å². The number of hydrogen-bond acceptors (Lipinski definition) is 3. The van der Waals surface area contributed by atoms with Gasteiger partial charge >= 0.3 is 11.9 Å². The standard InChI is InChI=1S/C18H19N.C4H4O4/c1-19(2)13-18-16-9-5-3-7-14(16)11-12-15-8-4-6-10-17(15)18;5-3(6)1-2-4(7)8/h3-12,18H,13H2,1-2H3;1-2H,(H,5,6)(H,7,8)/b;2-1-. The van der Waals surface area contributed by atoms with E-state index in [0.29, 0.717) is 18.1 Å². The number of carboxylic acid groups (broad SMARTS) is 2. The van der Waals surface area contributed by atoms with Crippen molar-refractivity contribution in [3.05, 3.63) is 82.9 Å². The minimum absolute atomic E-state index is 0.442. The molecule has 27 heavy (non-hydrogen) atoms. The van der Waals surface area contributed by atoms with E-state index in [1.807, 2.05) is 0 Å². The van der Waals surface area contributed by atoms with Crippen molar-refractivity contribution in [2.75, 3.05) is 20.6 Å². The molecule has 2 N–H and O–H groups in total. The number of benzene rings is 2. The summed E-state index contributed by atoms with van der Waals surface area (Å²) in [4.78, 5) is 21.4. The van der Waals surface area contributed by atoms with Crippen molar-refractivity contribution in [2.24, 2.45) is 0 Å². The first kappa shape index (κ1) is 20.1. The van der Waals surface area contributed by atoms with E-state index in [4.69, 9.17) is 10.2 Å². The van der Waals surface area contributed by atoms with Gasteiger partial charge in [0.2, 0.25) is 0 Å². The highest BCUT2D eigenvalue weighted by Crippen LogP contribution is 2.34. The summed E-state index contributed by atoms with van der Waals surface area (Å²) < 4.78 is 0. The smallest absolute Gasteiger partial charge is 0.328 e. The van der Waals surface area contributed by atoms with Gasteiger partial charge in [0.25, 0.3) is 0 Å². The average Bonchev–Trinajstić information content (AvgIpc) is 2.78. The molecule has 0 unspecified atom stereocenters. The third kappa shape index (κ3) is 5.94. The zero-order chi connectivity index (χ0) is 19.8. The molecule has 2 aromatic carbocycles. The van der Waals surface area contributed by atoms with Crippen molar-refractivity contribution in [2.45, 2.75) is 5.92 Å². The van der Waals surface area contributed by atoms with Gasteiger partial charge in [0.15, 0.2) is 0 Å². The number of hydrogen-bond donors (Lipinski definition) is 2. The first-order valence-corrected chi connectivity index (χ1v) is 8.53. The maximum atomic E-state index is 9.55. The summed E-state index contributed by atoms with van der Waals surface area (Å²) in [6.45, 7) is 1.04. The van der Waals surface area contributed by atoms with Crippen LogP contribution in [-0.4, -0.2) is 47.7 Å². The predicted molar refractivity (Wildman–Crippen MR) is 107 cm³/mol. The number of nitrogens with zero attached hydrogens (tertiary/aromatic N) is 1. The maximum absolute atomic E-state index is 9.55. The lowest BCUT2D eigenvalue weighted by atomic mass is 9.87. The van der Waals surface area contributed by atoms with E-state index >= 15 is 0 Å². The van der Waals surface area contributed by atoms with Gasteiger partial charge in [-0.1, -0.05) is 60.7 Å². The quantitative estimate of drug-likeness (QED) is 0.810. The van der Waals surface area contributed by atoms with Crippen LogP contribution in [0.15, 0.2) is 60.7 Å². The largest absolute Gasteiger partial charge is 0.478 e. The zero-order valence-electron chi connectivity index (χ0n) is 15.4. The van der Waals surface area contributed by atoms with Gasteiger partial charge in [0.05, 0.1) is 0 Å². The van der Waals surface area contributed by atoms with Crippen LogP contribution in [0.5, 0.6) is 0 Å². The molecule has 0 atom stereocenters. The molecule has 5 nitrogen and oxygen atoms in total. The molecule has 0 aromatic heterocycles. The molecule has 0 amide bonds. The summed E-state index contributed by atoms with van der Waals surface area (Å²) in [6, 6.07) is 17.5. The minimum Gasteiger partial charge on any atom is -0.478 e. The van der Waals surface area contributed by atoms with E-state index < -0.39 is 11.9 Å². The fraction of sp³-hybridized carbons (Fsp3) is 0.182. The average molecular weight is 365 g/mol. The van der Waals surface area contributed by atoms with Crippen LogP contribution in [-0.2, 0) is 9.59 Å². The van der Waals surface area contributed by atoms with Gasteiger partial charge in [-0.15, -0.1) is 0 Å². The predicted octanol–water partition coefficient (Wildman–Crippen LogP) is 3.58. The number of fused-ring (bicyclic) bond motifs is 2. The van der Waals surface area contributed by atoms with E-state index in [2.05, 4.69) is 79.7 Å². The highest BCUT2D eigenvalue weighted by atomic mass is 16.4. The summed E-state index contributed by atoms with van der Waals surface area (Å²) >= 11 is 0. The van der Waals surface area contributed by atoms with Gasteiger partial charge in [0, 0.05) is 24.6 Å². The first-order valence-electron chi connectivity index (χ1n) is 8.53. The Morgan fingerprint density at radius 1 is 0.852 bits per heavy atom. The molecular weight excluding hydrogens is 342 g/mol. The Hall–Kier alpha value is -3.18. The molecule has 0 saturated heterocycles. The third-order valence-electron chi connectivity index (χ3n) is 4.10. The third-order valence-corrected chi connectivity index (χ3v) is 4.10. The van der Waals surface area contributed by atoms with Gasteiger partial charge in [-0.05, 0) is 36.3 Å². The first-order chi connectivity index (χ1) is 12.9. The van der Waals surface area contributed by atoms with Gasteiger partial charge in [-0.2, -0.15) is 0 Å². The molecule has 0 heterocycles. The van der Waals surface area contributed by atoms with Gasteiger partial charge in [0.1, 0.15) is 0 Å². The van der Waals surface area contributed by atoms with Gasteiger partial charge in [-0.3, -0.25) is 0 Å². The monoisotopic (exact) mass is 365 g/mol. The Labute approximate surface area is 158 Å². The number of likely N-dealkylation sites (N-methyl/N-ethyl adjacent to an activating group) is 1. The van der Waals surface area contributed by atoms with Crippen LogP contribution in [0.2, 0.25) is 0 Å². The molecular formula is C22H23NO4. The number of carbonyl (C=O) groups is 2. The van der Waals surface area contributed by atoms with Crippen LogP contribution in [0, 0.1) is 0 Å².